The summed E-state index contributed by atoms with van der Waals surface area (Å²) >= 11 is 0. The number of hydrogen-bond acceptors (Lipinski definition) is 3. The third-order valence-electron chi connectivity index (χ3n) is 4.92. The number of carbonyl (C=O) groups is 3. The van der Waals surface area contributed by atoms with Gasteiger partial charge in [0.15, 0.2) is 11.7 Å². The zero-order valence-electron chi connectivity index (χ0n) is 15.1. The SMILES string of the molecule is C=CCC1(C)NC(=O)C(C(=O)Nc2ccc(C(CC)CC)cc2)C1=O. The van der Waals surface area contributed by atoms with Crippen molar-refractivity contribution in [2.75, 3.05) is 5.32 Å². The van der Waals surface area contributed by atoms with Crippen LogP contribution in [0.1, 0.15) is 51.5 Å². The van der Waals surface area contributed by atoms with E-state index in [1.165, 1.54) is 5.56 Å². The lowest BCUT2D eigenvalue weighted by molar-refractivity contribution is -0.135. The highest BCUT2D eigenvalue weighted by Gasteiger charge is 2.52. The lowest BCUT2D eigenvalue weighted by Crippen LogP contribution is -2.43. The van der Waals surface area contributed by atoms with E-state index in [9.17, 15) is 14.4 Å². The van der Waals surface area contributed by atoms with Gasteiger partial charge in [-0.3, -0.25) is 14.4 Å². The molecule has 1 aliphatic heterocycles. The Balaban J connectivity index is 2.10. The molecule has 0 radical (unpaired) electrons. The van der Waals surface area contributed by atoms with Gasteiger partial charge in [0.2, 0.25) is 11.8 Å². The molecule has 1 fully saturated rings. The Morgan fingerprint density at radius 3 is 2.40 bits per heavy atom. The lowest BCUT2D eigenvalue weighted by atomic mass is 9.89. The van der Waals surface area contributed by atoms with Crippen molar-refractivity contribution in [3.05, 3.63) is 42.5 Å². The molecule has 1 aromatic carbocycles. The van der Waals surface area contributed by atoms with Crippen molar-refractivity contribution in [2.24, 2.45) is 5.92 Å². The molecule has 5 heteroatoms. The van der Waals surface area contributed by atoms with Gasteiger partial charge in [-0.1, -0.05) is 32.1 Å². The molecule has 1 heterocycles. The third-order valence-corrected chi connectivity index (χ3v) is 4.92. The van der Waals surface area contributed by atoms with Crippen molar-refractivity contribution in [3.63, 3.8) is 0 Å². The minimum absolute atomic E-state index is 0.297. The van der Waals surface area contributed by atoms with Gasteiger partial charge < -0.3 is 10.6 Å². The molecule has 0 saturated carbocycles. The van der Waals surface area contributed by atoms with Crippen LogP contribution >= 0.6 is 0 Å². The van der Waals surface area contributed by atoms with E-state index in [0.717, 1.165) is 12.8 Å². The van der Waals surface area contributed by atoms with Crippen molar-refractivity contribution < 1.29 is 14.4 Å². The van der Waals surface area contributed by atoms with Crippen molar-refractivity contribution >= 4 is 23.3 Å². The predicted molar refractivity (Wildman–Crippen MR) is 98.3 cm³/mol. The Morgan fingerprint density at radius 2 is 1.88 bits per heavy atom. The van der Waals surface area contributed by atoms with E-state index < -0.39 is 29.1 Å². The van der Waals surface area contributed by atoms with Crippen LogP contribution in [0.2, 0.25) is 0 Å². The van der Waals surface area contributed by atoms with E-state index in [2.05, 4.69) is 31.1 Å². The average molecular weight is 342 g/mol. The zero-order valence-corrected chi connectivity index (χ0v) is 15.1. The first-order chi connectivity index (χ1) is 11.9. The largest absolute Gasteiger partial charge is 0.342 e. The highest BCUT2D eigenvalue weighted by Crippen LogP contribution is 2.27. The summed E-state index contributed by atoms with van der Waals surface area (Å²) in [6.07, 6.45) is 3.97. The Kier molecular flexibility index (Phi) is 5.77. The Bertz CT molecular complexity index is 677. The van der Waals surface area contributed by atoms with Crippen LogP contribution in [-0.2, 0) is 14.4 Å². The second kappa shape index (κ2) is 7.64. The fourth-order valence-electron chi connectivity index (χ4n) is 3.33. The molecule has 134 valence electrons. The molecule has 25 heavy (non-hydrogen) atoms. The maximum Gasteiger partial charge on any atom is 0.244 e. The van der Waals surface area contributed by atoms with Crippen molar-refractivity contribution in [2.45, 2.75) is 51.5 Å². The van der Waals surface area contributed by atoms with E-state index in [1.54, 1.807) is 13.0 Å². The maximum atomic E-state index is 12.5. The quantitative estimate of drug-likeness (QED) is 0.590. The molecular weight excluding hydrogens is 316 g/mol. The first kappa shape index (κ1) is 18.9. The number of carbonyl (C=O) groups excluding carboxylic acids is 3. The highest BCUT2D eigenvalue weighted by atomic mass is 16.2. The molecule has 2 rings (SSSR count). The average Bonchev–Trinajstić information content (AvgIpc) is 2.79. The Morgan fingerprint density at radius 1 is 1.28 bits per heavy atom. The van der Waals surface area contributed by atoms with E-state index >= 15 is 0 Å². The molecule has 2 amide bonds. The second-order valence-corrected chi connectivity index (χ2v) is 6.74. The number of anilines is 1. The maximum absolute atomic E-state index is 12.5. The van der Waals surface area contributed by atoms with Gasteiger partial charge in [-0.25, -0.2) is 0 Å². The van der Waals surface area contributed by atoms with Crippen LogP contribution in [0.3, 0.4) is 0 Å². The number of Topliss-reactive ketones (excluding diaryl/α,β-unsaturated/α-hetero) is 1. The van der Waals surface area contributed by atoms with Crippen LogP contribution in [0.15, 0.2) is 36.9 Å². The number of nitrogens with one attached hydrogen (secondary N) is 2. The molecule has 2 N–H and O–H groups in total. The molecular formula is C20H26N2O3. The molecule has 1 aliphatic rings. The summed E-state index contributed by atoms with van der Waals surface area (Å²) in [6, 6.07) is 7.58. The zero-order chi connectivity index (χ0) is 18.6. The molecule has 0 spiro atoms. The number of rotatable bonds is 7. The van der Waals surface area contributed by atoms with Crippen LogP contribution < -0.4 is 10.6 Å². The van der Waals surface area contributed by atoms with E-state index in [-0.39, 0.29) is 0 Å². The van der Waals surface area contributed by atoms with Gasteiger partial charge in [0.1, 0.15) is 5.54 Å². The molecule has 0 bridgehead atoms. The summed E-state index contributed by atoms with van der Waals surface area (Å²) < 4.78 is 0. The van der Waals surface area contributed by atoms with Crippen molar-refractivity contribution in [1.29, 1.82) is 0 Å². The van der Waals surface area contributed by atoms with Crippen molar-refractivity contribution in [3.8, 4) is 0 Å². The third kappa shape index (κ3) is 3.81. The second-order valence-electron chi connectivity index (χ2n) is 6.74. The first-order valence-electron chi connectivity index (χ1n) is 8.74. The van der Waals surface area contributed by atoms with E-state index in [0.29, 0.717) is 18.0 Å². The molecule has 2 unspecified atom stereocenters. The molecule has 0 aromatic heterocycles. The number of ketones is 1. The van der Waals surface area contributed by atoms with Gasteiger partial charge in [0.25, 0.3) is 0 Å². The topological polar surface area (TPSA) is 75.3 Å². The summed E-state index contributed by atoms with van der Waals surface area (Å²) in [4.78, 5) is 37.0. The number of benzene rings is 1. The lowest BCUT2D eigenvalue weighted by Gasteiger charge is -2.20. The van der Waals surface area contributed by atoms with Crippen LogP contribution in [0, 0.1) is 5.92 Å². The molecule has 1 aromatic rings. The minimum atomic E-state index is -1.32. The monoisotopic (exact) mass is 342 g/mol. The fourth-order valence-corrected chi connectivity index (χ4v) is 3.33. The highest BCUT2D eigenvalue weighted by molar-refractivity contribution is 6.27. The van der Waals surface area contributed by atoms with Crippen LogP contribution in [0.4, 0.5) is 5.69 Å². The van der Waals surface area contributed by atoms with E-state index in [1.807, 2.05) is 24.3 Å². The van der Waals surface area contributed by atoms with Gasteiger partial charge in [-0.05, 0) is 49.8 Å². The summed E-state index contributed by atoms with van der Waals surface area (Å²) in [7, 11) is 0. The molecule has 0 aliphatic carbocycles. The van der Waals surface area contributed by atoms with Crippen LogP contribution in [-0.4, -0.2) is 23.1 Å². The summed E-state index contributed by atoms with van der Waals surface area (Å²) in [6.45, 7) is 9.51. The Hall–Kier alpha value is -2.43. The number of amides is 2. The molecule has 1 saturated heterocycles. The standard InChI is InChI=1S/C20H26N2O3/c1-5-12-20(4)17(23)16(19(25)22-20)18(24)21-15-10-8-14(9-11-15)13(6-2)7-3/h5,8-11,13,16H,1,6-7,12H2,2-4H3,(H,21,24)(H,22,25). The minimum Gasteiger partial charge on any atom is -0.342 e. The van der Waals surface area contributed by atoms with Crippen molar-refractivity contribution in [1.82, 2.24) is 5.32 Å². The van der Waals surface area contributed by atoms with Gasteiger partial charge in [-0.15, -0.1) is 6.58 Å². The van der Waals surface area contributed by atoms with Gasteiger partial charge >= 0.3 is 0 Å². The summed E-state index contributed by atoms with van der Waals surface area (Å²) in [5, 5.41) is 5.30. The van der Waals surface area contributed by atoms with Gasteiger partial charge in [0, 0.05) is 5.69 Å². The van der Waals surface area contributed by atoms with Crippen LogP contribution in [0.5, 0.6) is 0 Å². The van der Waals surface area contributed by atoms with Gasteiger partial charge in [-0.2, -0.15) is 0 Å². The van der Waals surface area contributed by atoms with E-state index in [4.69, 9.17) is 0 Å². The first-order valence-corrected chi connectivity index (χ1v) is 8.74. The number of hydrogen-bond donors (Lipinski definition) is 2. The van der Waals surface area contributed by atoms with Gasteiger partial charge in [0.05, 0.1) is 0 Å². The predicted octanol–water partition coefficient (Wildman–Crippen LogP) is 3.18. The smallest absolute Gasteiger partial charge is 0.244 e. The molecule has 2 atom stereocenters. The Labute approximate surface area is 148 Å². The normalized spacial score (nSPS) is 22.8. The summed E-state index contributed by atoms with van der Waals surface area (Å²) in [5.41, 5.74) is 0.744. The summed E-state index contributed by atoms with van der Waals surface area (Å²) in [5.74, 6) is -2.38. The fraction of sp³-hybridized carbons (Fsp3) is 0.450. The van der Waals surface area contributed by atoms with Crippen LogP contribution in [0.25, 0.3) is 0 Å². The molecule has 5 nitrogen and oxygen atoms in total.